The molecule has 0 fully saturated rings. The second-order valence-electron chi connectivity index (χ2n) is 3.38. The Kier molecular flexibility index (Phi) is 4.74. The van der Waals surface area contributed by atoms with Crippen LogP contribution in [0.3, 0.4) is 0 Å². The first-order valence-electron chi connectivity index (χ1n) is 4.98. The van der Waals surface area contributed by atoms with Crippen LogP contribution in [-0.2, 0) is 11.3 Å². The zero-order valence-electron chi connectivity index (χ0n) is 9.35. The zero-order valence-corrected chi connectivity index (χ0v) is 10.2. The SMILES string of the molecule is CCCN(c1ccc(F)c(C(=O)O)c1F)S(=O)[O-]. The predicted octanol–water partition coefficient (Wildman–Crippen LogP) is 1.67. The topological polar surface area (TPSA) is 80.7 Å². The smallest absolute Gasteiger partial charge is 0.341 e. The van der Waals surface area contributed by atoms with Gasteiger partial charge in [-0.05, 0) is 18.6 Å². The van der Waals surface area contributed by atoms with Crippen molar-refractivity contribution in [3.63, 3.8) is 0 Å². The van der Waals surface area contributed by atoms with Gasteiger partial charge >= 0.3 is 5.97 Å². The maximum absolute atomic E-state index is 13.8. The number of carboxylic acid groups (broad SMARTS) is 1. The van der Waals surface area contributed by atoms with E-state index in [4.69, 9.17) is 5.11 Å². The summed E-state index contributed by atoms with van der Waals surface area (Å²) in [6.07, 6.45) is 0.396. The summed E-state index contributed by atoms with van der Waals surface area (Å²) >= 11 is -2.76. The molecule has 1 N–H and O–H groups in total. The van der Waals surface area contributed by atoms with Gasteiger partial charge in [0, 0.05) is 17.8 Å². The van der Waals surface area contributed by atoms with Crippen molar-refractivity contribution < 1.29 is 27.4 Å². The standard InChI is InChI=1S/C10H11F2NO4S/c1-2-5-13(18(16)17)7-4-3-6(11)8(9(7)12)10(14)15/h3-4H,2,5H2,1H3,(H,14,15)(H,16,17)/p-1. The molecule has 1 atom stereocenters. The zero-order chi connectivity index (χ0) is 13.9. The Hall–Kier alpha value is -1.54. The third kappa shape index (κ3) is 2.82. The van der Waals surface area contributed by atoms with Gasteiger partial charge in [-0.1, -0.05) is 6.92 Å². The molecule has 0 saturated carbocycles. The molecule has 0 heterocycles. The summed E-state index contributed by atoms with van der Waals surface area (Å²) in [6, 6.07) is 1.61. The first kappa shape index (κ1) is 14.5. The van der Waals surface area contributed by atoms with Crippen molar-refractivity contribution >= 4 is 22.9 Å². The van der Waals surface area contributed by atoms with Gasteiger partial charge in [-0.15, -0.1) is 0 Å². The number of nitrogens with zero attached hydrogens (tertiary/aromatic N) is 1. The van der Waals surface area contributed by atoms with Gasteiger partial charge < -0.3 is 9.66 Å². The third-order valence-corrected chi connectivity index (χ3v) is 2.90. The molecule has 18 heavy (non-hydrogen) atoms. The molecule has 0 aliphatic rings. The molecule has 0 bridgehead atoms. The van der Waals surface area contributed by atoms with E-state index in [9.17, 15) is 22.3 Å². The highest BCUT2D eigenvalue weighted by molar-refractivity contribution is 7.80. The van der Waals surface area contributed by atoms with Crippen molar-refractivity contribution in [3.05, 3.63) is 29.3 Å². The summed E-state index contributed by atoms with van der Waals surface area (Å²) in [5.74, 6) is -4.45. The molecule has 0 aliphatic heterocycles. The Balaban J connectivity index is 3.37. The number of rotatable bonds is 5. The Morgan fingerprint density at radius 3 is 2.56 bits per heavy atom. The number of hydrogen-bond donors (Lipinski definition) is 1. The molecule has 1 unspecified atom stereocenters. The lowest BCUT2D eigenvalue weighted by molar-refractivity contribution is 0.0686. The molecule has 1 aromatic rings. The lowest BCUT2D eigenvalue weighted by Gasteiger charge is -2.26. The summed E-state index contributed by atoms with van der Waals surface area (Å²) in [5, 5.41) is 8.67. The van der Waals surface area contributed by atoms with Gasteiger partial charge in [-0.2, -0.15) is 0 Å². The van der Waals surface area contributed by atoms with Crippen LogP contribution < -0.4 is 4.31 Å². The number of halogens is 2. The minimum absolute atomic E-state index is 0.0300. The number of benzene rings is 1. The van der Waals surface area contributed by atoms with Crippen molar-refractivity contribution in [2.75, 3.05) is 10.8 Å². The van der Waals surface area contributed by atoms with E-state index in [1.54, 1.807) is 6.92 Å². The molecule has 0 spiro atoms. The Bertz CT molecular complexity index is 495. The van der Waals surface area contributed by atoms with E-state index in [2.05, 4.69) is 0 Å². The van der Waals surface area contributed by atoms with Crippen LogP contribution in [0.1, 0.15) is 23.7 Å². The number of carboxylic acids is 1. The lowest BCUT2D eigenvalue weighted by atomic mass is 10.1. The largest absolute Gasteiger partial charge is 0.755 e. The summed E-state index contributed by atoms with van der Waals surface area (Å²) in [5.41, 5.74) is -1.65. The van der Waals surface area contributed by atoms with Crippen molar-refractivity contribution in [1.82, 2.24) is 0 Å². The van der Waals surface area contributed by atoms with Gasteiger partial charge in [0.25, 0.3) is 0 Å². The van der Waals surface area contributed by atoms with Crippen LogP contribution >= 0.6 is 0 Å². The van der Waals surface area contributed by atoms with E-state index < -0.39 is 40.1 Å². The Morgan fingerprint density at radius 1 is 1.50 bits per heavy atom. The molecule has 0 amide bonds. The van der Waals surface area contributed by atoms with Crippen LogP contribution in [0.5, 0.6) is 0 Å². The van der Waals surface area contributed by atoms with E-state index in [0.29, 0.717) is 10.7 Å². The van der Waals surface area contributed by atoms with Gasteiger partial charge in [0.1, 0.15) is 11.4 Å². The average Bonchev–Trinajstić information content (AvgIpc) is 2.26. The molecule has 1 rings (SSSR count). The molecule has 0 saturated heterocycles. The number of carbonyl (C=O) groups is 1. The van der Waals surface area contributed by atoms with Gasteiger partial charge in [0.2, 0.25) is 0 Å². The van der Waals surface area contributed by atoms with Gasteiger partial charge in [-0.25, -0.2) is 13.6 Å². The number of hydrogen-bond acceptors (Lipinski definition) is 3. The molecule has 1 aromatic carbocycles. The van der Waals surface area contributed by atoms with E-state index in [1.807, 2.05) is 0 Å². The number of aromatic carboxylic acids is 1. The minimum atomic E-state index is -2.76. The van der Waals surface area contributed by atoms with Crippen molar-refractivity contribution in [2.45, 2.75) is 13.3 Å². The summed E-state index contributed by atoms with van der Waals surface area (Å²) < 4.78 is 49.4. The van der Waals surface area contributed by atoms with Crippen LogP contribution in [0.2, 0.25) is 0 Å². The predicted molar refractivity (Wildman–Crippen MR) is 59.9 cm³/mol. The number of anilines is 1. The van der Waals surface area contributed by atoms with Crippen molar-refractivity contribution in [1.29, 1.82) is 0 Å². The fraction of sp³-hybridized carbons (Fsp3) is 0.300. The quantitative estimate of drug-likeness (QED) is 0.831. The van der Waals surface area contributed by atoms with Crippen LogP contribution in [0.25, 0.3) is 0 Å². The summed E-state index contributed by atoms with van der Waals surface area (Å²) in [7, 11) is 0. The molecular weight excluding hydrogens is 268 g/mol. The fourth-order valence-electron chi connectivity index (χ4n) is 1.41. The highest BCUT2D eigenvalue weighted by Crippen LogP contribution is 2.25. The normalized spacial score (nSPS) is 12.2. The fourth-order valence-corrected chi connectivity index (χ4v) is 2.04. The molecular formula is C10H10F2NO4S-. The van der Waals surface area contributed by atoms with Crippen LogP contribution in [-0.4, -0.2) is 26.4 Å². The maximum Gasteiger partial charge on any atom is 0.341 e. The van der Waals surface area contributed by atoms with E-state index >= 15 is 0 Å². The molecule has 8 heteroatoms. The molecule has 0 aromatic heterocycles. The second-order valence-corrected chi connectivity index (χ2v) is 4.25. The van der Waals surface area contributed by atoms with E-state index in [-0.39, 0.29) is 6.54 Å². The van der Waals surface area contributed by atoms with Gasteiger partial charge in [0.15, 0.2) is 5.82 Å². The Labute approximate surface area is 104 Å². The highest BCUT2D eigenvalue weighted by atomic mass is 32.2. The molecule has 100 valence electrons. The Morgan fingerprint density at radius 2 is 2.11 bits per heavy atom. The second kappa shape index (κ2) is 5.87. The average molecular weight is 278 g/mol. The summed E-state index contributed by atoms with van der Waals surface area (Å²) in [4.78, 5) is 10.7. The van der Waals surface area contributed by atoms with E-state index in [1.165, 1.54) is 0 Å². The van der Waals surface area contributed by atoms with Crippen LogP contribution in [0, 0.1) is 11.6 Å². The van der Waals surface area contributed by atoms with Gasteiger partial charge in [-0.3, -0.25) is 8.51 Å². The van der Waals surface area contributed by atoms with Crippen LogP contribution in [0.15, 0.2) is 12.1 Å². The van der Waals surface area contributed by atoms with Gasteiger partial charge in [0.05, 0.1) is 5.69 Å². The summed E-state index contributed by atoms with van der Waals surface area (Å²) in [6.45, 7) is 1.64. The maximum atomic E-state index is 13.8. The first-order chi connectivity index (χ1) is 8.40. The van der Waals surface area contributed by atoms with Crippen molar-refractivity contribution in [3.8, 4) is 0 Å². The molecule has 5 nitrogen and oxygen atoms in total. The molecule has 0 aliphatic carbocycles. The lowest BCUT2D eigenvalue weighted by Crippen LogP contribution is -2.28. The van der Waals surface area contributed by atoms with Crippen molar-refractivity contribution in [2.24, 2.45) is 0 Å². The monoisotopic (exact) mass is 278 g/mol. The minimum Gasteiger partial charge on any atom is -0.755 e. The highest BCUT2D eigenvalue weighted by Gasteiger charge is 2.22. The molecule has 0 radical (unpaired) electrons. The van der Waals surface area contributed by atoms with Crippen LogP contribution in [0.4, 0.5) is 14.5 Å². The van der Waals surface area contributed by atoms with E-state index in [0.717, 1.165) is 12.1 Å². The third-order valence-electron chi connectivity index (χ3n) is 2.16. The first-order valence-corrected chi connectivity index (χ1v) is 6.01.